The molecule has 0 atom stereocenters. The highest BCUT2D eigenvalue weighted by Gasteiger charge is 2.17. The first kappa shape index (κ1) is 16.3. The van der Waals surface area contributed by atoms with Crippen molar-refractivity contribution in [2.24, 2.45) is 0 Å². The minimum absolute atomic E-state index is 0.582. The summed E-state index contributed by atoms with van der Waals surface area (Å²) < 4.78 is 5.59. The largest absolute Gasteiger partial charge is 0.363 e. The number of hydrogen-bond acceptors (Lipinski definition) is 5. The standard InChI is InChI=1S/C21H20N4O/c1-13-7-9-17(10-8-13)18-19-20(26-25-18)21(24-15(3)23-19)22-12-16-6-4-5-14(2)11-16/h4-11H,12H2,1-3H3,(H,22,23,24). The molecule has 1 N–H and O–H groups in total. The fourth-order valence-electron chi connectivity index (χ4n) is 2.97. The Balaban J connectivity index is 1.71. The van der Waals surface area contributed by atoms with Gasteiger partial charge in [-0.3, -0.25) is 0 Å². The summed E-state index contributed by atoms with van der Waals surface area (Å²) in [7, 11) is 0. The molecule has 0 unspecified atom stereocenters. The third kappa shape index (κ3) is 3.16. The Bertz CT molecular complexity index is 1070. The van der Waals surface area contributed by atoms with E-state index in [0.717, 1.165) is 16.8 Å². The lowest BCUT2D eigenvalue weighted by Gasteiger charge is -2.07. The van der Waals surface area contributed by atoms with E-state index < -0.39 is 0 Å². The zero-order valence-corrected chi connectivity index (χ0v) is 15.1. The van der Waals surface area contributed by atoms with Crippen molar-refractivity contribution < 1.29 is 4.52 Å². The van der Waals surface area contributed by atoms with E-state index in [1.54, 1.807) is 0 Å². The van der Waals surface area contributed by atoms with Crippen molar-refractivity contribution in [3.63, 3.8) is 0 Å². The van der Waals surface area contributed by atoms with Gasteiger partial charge in [-0.2, -0.15) is 0 Å². The topological polar surface area (TPSA) is 63.8 Å². The maximum absolute atomic E-state index is 5.59. The molecule has 2 aromatic carbocycles. The highest BCUT2D eigenvalue weighted by Crippen LogP contribution is 2.30. The van der Waals surface area contributed by atoms with Gasteiger partial charge in [-0.15, -0.1) is 0 Å². The summed E-state index contributed by atoms with van der Waals surface area (Å²) in [6.45, 7) is 6.68. The third-order valence-electron chi connectivity index (χ3n) is 4.30. The number of nitrogens with one attached hydrogen (secondary N) is 1. The molecule has 0 aliphatic rings. The lowest BCUT2D eigenvalue weighted by Crippen LogP contribution is -2.03. The third-order valence-corrected chi connectivity index (χ3v) is 4.30. The highest BCUT2D eigenvalue weighted by molar-refractivity contribution is 5.93. The van der Waals surface area contributed by atoms with Gasteiger partial charge in [-0.25, -0.2) is 9.97 Å². The Morgan fingerprint density at radius 1 is 0.923 bits per heavy atom. The molecule has 2 heterocycles. The lowest BCUT2D eigenvalue weighted by molar-refractivity contribution is 0.459. The van der Waals surface area contributed by atoms with Gasteiger partial charge in [0.2, 0.25) is 5.58 Å². The first-order chi connectivity index (χ1) is 12.6. The smallest absolute Gasteiger partial charge is 0.228 e. The minimum atomic E-state index is 0.582. The normalized spacial score (nSPS) is 11.0. The van der Waals surface area contributed by atoms with Crippen molar-refractivity contribution in [1.82, 2.24) is 15.1 Å². The molecule has 130 valence electrons. The van der Waals surface area contributed by atoms with Gasteiger partial charge in [0.1, 0.15) is 17.0 Å². The molecule has 2 aromatic heterocycles. The van der Waals surface area contributed by atoms with Crippen LogP contribution in [0.1, 0.15) is 22.5 Å². The number of hydrogen-bond donors (Lipinski definition) is 1. The van der Waals surface area contributed by atoms with Gasteiger partial charge >= 0.3 is 0 Å². The summed E-state index contributed by atoms with van der Waals surface area (Å²) in [5, 5.41) is 7.61. The van der Waals surface area contributed by atoms with Crippen LogP contribution in [0, 0.1) is 20.8 Å². The van der Waals surface area contributed by atoms with Crippen molar-refractivity contribution in [2.75, 3.05) is 5.32 Å². The average Bonchev–Trinajstić information content (AvgIpc) is 3.04. The molecular weight excluding hydrogens is 324 g/mol. The minimum Gasteiger partial charge on any atom is -0.363 e. The Hall–Kier alpha value is -3.21. The highest BCUT2D eigenvalue weighted by atomic mass is 16.5. The SMILES string of the molecule is Cc1ccc(-c2noc3c(NCc4cccc(C)c4)nc(C)nc23)cc1. The molecular formula is C21H20N4O. The Labute approximate surface area is 152 Å². The van der Waals surface area contributed by atoms with Gasteiger partial charge in [0.25, 0.3) is 0 Å². The number of benzene rings is 2. The first-order valence-corrected chi connectivity index (χ1v) is 8.60. The van der Waals surface area contributed by atoms with E-state index >= 15 is 0 Å². The number of aryl methyl sites for hydroxylation is 3. The number of nitrogens with zero attached hydrogens (tertiary/aromatic N) is 3. The van der Waals surface area contributed by atoms with Crippen molar-refractivity contribution in [1.29, 1.82) is 0 Å². The van der Waals surface area contributed by atoms with Gasteiger partial charge in [-0.05, 0) is 26.3 Å². The summed E-state index contributed by atoms with van der Waals surface area (Å²) in [6.07, 6.45) is 0. The van der Waals surface area contributed by atoms with Crippen molar-refractivity contribution >= 4 is 16.9 Å². The van der Waals surface area contributed by atoms with Crippen molar-refractivity contribution in [2.45, 2.75) is 27.3 Å². The van der Waals surface area contributed by atoms with Crippen LogP contribution in [0.2, 0.25) is 0 Å². The molecule has 0 spiro atoms. The number of rotatable bonds is 4. The van der Waals surface area contributed by atoms with E-state index in [0.29, 0.717) is 23.8 Å². The van der Waals surface area contributed by atoms with Crippen LogP contribution in [0.25, 0.3) is 22.4 Å². The van der Waals surface area contributed by atoms with E-state index in [1.165, 1.54) is 16.7 Å². The molecule has 4 rings (SSSR count). The molecule has 5 heteroatoms. The van der Waals surface area contributed by atoms with Crippen LogP contribution in [0.3, 0.4) is 0 Å². The summed E-state index contributed by atoms with van der Waals surface area (Å²) in [4.78, 5) is 9.06. The van der Waals surface area contributed by atoms with E-state index in [-0.39, 0.29) is 0 Å². The van der Waals surface area contributed by atoms with Gasteiger partial charge in [0.05, 0.1) is 0 Å². The van der Waals surface area contributed by atoms with Gasteiger partial charge < -0.3 is 9.84 Å². The van der Waals surface area contributed by atoms with Gasteiger partial charge in [-0.1, -0.05) is 64.8 Å². The van der Waals surface area contributed by atoms with Crippen molar-refractivity contribution in [3.05, 3.63) is 71.0 Å². The predicted octanol–water partition coefficient (Wildman–Crippen LogP) is 4.82. The Morgan fingerprint density at radius 2 is 1.73 bits per heavy atom. The van der Waals surface area contributed by atoms with E-state index in [9.17, 15) is 0 Å². The average molecular weight is 344 g/mol. The second-order valence-corrected chi connectivity index (χ2v) is 6.54. The maximum Gasteiger partial charge on any atom is 0.228 e. The van der Waals surface area contributed by atoms with Crippen molar-refractivity contribution in [3.8, 4) is 11.3 Å². The monoisotopic (exact) mass is 344 g/mol. The van der Waals surface area contributed by atoms with E-state index in [4.69, 9.17) is 4.52 Å². The number of anilines is 1. The zero-order valence-electron chi connectivity index (χ0n) is 15.1. The summed E-state index contributed by atoms with van der Waals surface area (Å²) in [5.74, 6) is 1.35. The van der Waals surface area contributed by atoms with Crippen LogP contribution in [0.5, 0.6) is 0 Å². The summed E-state index contributed by atoms with van der Waals surface area (Å²) in [6, 6.07) is 16.5. The molecule has 5 nitrogen and oxygen atoms in total. The van der Waals surface area contributed by atoms with Crippen LogP contribution < -0.4 is 5.32 Å². The number of fused-ring (bicyclic) bond motifs is 1. The molecule has 4 aromatic rings. The van der Waals surface area contributed by atoms with Gasteiger partial charge in [0.15, 0.2) is 5.82 Å². The predicted molar refractivity (Wildman–Crippen MR) is 103 cm³/mol. The molecule has 0 aliphatic carbocycles. The molecule has 0 aliphatic heterocycles. The fourth-order valence-corrected chi connectivity index (χ4v) is 2.97. The summed E-state index contributed by atoms with van der Waals surface area (Å²) in [5.41, 5.74) is 6.66. The lowest BCUT2D eigenvalue weighted by atomic mass is 10.1. The fraction of sp³-hybridized carbons (Fsp3) is 0.190. The van der Waals surface area contributed by atoms with Crippen LogP contribution >= 0.6 is 0 Å². The molecule has 0 bridgehead atoms. The number of aromatic nitrogens is 3. The summed E-state index contributed by atoms with van der Waals surface area (Å²) >= 11 is 0. The molecule has 0 fully saturated rings. The molecule has 26 heavy (non-hydrogen) atoms. The van der Waals surface area contributed by atoms with Crippen LogP contribution in [-0.4, -0.2) is 15.1 Å². The van der Waals surface area contributed by atoms with E-state index in [1.807, 2.05) is 19.1 Å². The van der Waals surface area contributed by atoms with Crippen LogP contribution in [0.4, 0.5) is 5.82 Å². The quantitative estimate of drug-likeness (QED) is 0.575. The second kappa shape index (κ2) is 6.59. The second-order valence-electron chi connectivity index (χ2n) is 6.54. The van der Waals surface area contributed by atoms with Gasteiger partial charge in [0, 0.05) is 12.1 Å². The zero-order chi connectivity index (χ0) is 18.1. The molecule has 0 saturated heterocycles. The molecule has 0 radical (unpaired) electrons. The van der Waals surface area contributed by atoms with E-state index in [2.05, 4.69) is 70.7 Å². The maximum atomic E-state index is 5.59. The molecule has 0 saturated carbocycles. The molecule has 0 amide bonds. The Kier molecular flexibility index (Phi) is 4.13. The Morgan fingerprint density at radius 3 is 2.50 bits per heavy atom. The van der Waals surface area contributed by atoms with Crippen LogP contribution in [0.15, 0.2) is 53.1 Å². The first-order valence-electron chi connectivity index (χ1n) is 8.60. The van der Waals surface area contributed by atoms with Crippen LogP contribution in [-0.2, 0) is 6.54 Å².